The number of carbonyl (C=O) groups is 2. The molecule has 1 saturated carbocycles. The molecule has 3 rings (SSSR count). The van der Waals surface area contributed by atoms with Crippen LogP contribution in [0.25, 0.3) is 0 Å². The Bertz CT molecular complexity index is 823. The third kappa shape index (κ3) is 4.91. The van der Waals surface area contributed by atoms with E-state index in [9.17, 15) is 18.0 Å². The molecule has 7 nitrogen and oxygen atoms in total. The summed E-state index contributed by atoms with van der Waals surface area (Å²) in [5.74, 6) is -0.335. The summed E-state index contributed by atoms with van der Waals surface area (Å²) in [6, 6.07) is 5.89. The quantitative estimate of drug-likeness (QED) is 0.729. The van der Waals surface area contributed by atoms with Crippen molar-refractivity contribution in [3.05, 3.63) is 29.8 Å². The highest BCUT2D eigenvalue weighted by atomic mass is 32.2. The summed E-state index contributed by atoms with van der Waals surface area (Å²) >= 11 is 0. The number of carbonyl (C=O) groups excluding carboxylic acids is 2. The number of amides is 1. The minimum absolute atomic E-state index is 0.157. The number of nitrogens with one attached hydrogen (secondary N) is 1. The first-order chi connectivity index (χ1) is 13.2. The number of benzene rings is 1. The molecule has 2 fully saturated rings. The van der Waals surface area contributed by atoms with Gasteiger partial charge in [-0.25, -0.2) is 13.2 Å². The maximum absolute atomic E-state index is 12.9. The summed E-state index contributed by atoms with van der Waals surface area (Å²) in [7, 11) is -3.60. The number of nitrogens with zero attached hydrogens (tertiary/aromatic N) is 1. The van der Waals surface area contributed by atoms with Crippen molar-refractivity contribution in [1.82, 2.24) is 9.62 Å². The Kier molecular flexibility index (Phi) is 6.09. The summed E-state index contributed by atoms with van der Waals surface area (Å²) in [6.45, 7) is 6.64. The molecule has 1 amide bonds. The molecular formula is C20H28N2O5S. The number of piperidine rings is 1. The first-order valence-electron chi connectivity index (χ1n) is 9.78. The predicted octanol–water partition coefficient (Wildman–Crippen LogP) is 2.18. The van der Waals surface area contributed by atoms with Crippen molar-refractivity contribution in [3.63, 3.8) is 0 Å². The molecule has 0 radical (unpaired) electrons. The Hall–Kier alpha value is -1.93. The molecule has 0 bridgehead atoms. The Morgan fingerprint density at radius 2 is 1.68 bits per heavy atom. The number of hydrogen-bond acceptors (Lipinski definition) is 5. The van der Waals surface area contributed by atoms with Gasteiger partial charge in [0.15, 0.2) is 6.10 Å². The summed E-state index contributed by atoms with van der Waals surface area (Å²) in [6.07, 6.45) is 2.03. The van der Waals surface area contributed by atoms with Gasteiger partial charge in [0.1, 0.15) is 0 Å². The normalized spacial score (nSPS) is 24.4. The molecule has 2 aliphatic rings. The highest BCUT2D eigenvalue weighted by molar-refractivity contribution is 7.89. The topological polar surface area (TPSA) is 92.8 Å². The van der Waals surface area contributed by atoms with Crippen LogP contribution in [0.3, 0.4) is 0 Å². The molecule has 1 heterocycles. The Morgan fingerprint density at radius 3 is 2.21 bits per heavy atom. The van der Waals surface area contributed by atoms with Crippen molar-refractivity contribution in [2.24, 2.45) is 11.8 Å². The molecular weight excluding hydrogens is 380 g/mol. The lowest BCUT2D eigenvalue weighted by Crippen LogP contribution is -2.42. The summed E-state index contributed by atoms with van der Waals surface area (Å²) in [4.78, 5) is 24.3. The van der Waals surface area contributed by atoms with E-state index in [4.69, 9.17) is 4.74 Å². The van der Waals surface area contributed by atoms with Crippen LogP contribution in [0.4, 0.5) is 0 Å². The molecule has 1 aliphatic heterocycles. The second-order valence-electron chi connectivity index (χ2n) is 8.12. The van der Waals surface area contributed by atoms with E-state index in [0.717, 1.165) is 19.3 Å². The molecule has 0 spiro atoms. The van der Waals surface area contributed by atoms with Gasteiger partial charge in [-0.05, 0) is 62.3 Å². The number of sulfonamides is 1. The first kappa shape index (κ1) is 20.8. The Labute approximate surface area is 166 Å². The second kappa shape index (κ2) is 8.21. The van der Waals surface area contributed by atoms with Gasteiger partial charge in [0, 0.05) is 19.1 Å². The largest absolute Gasteiger partial charge is 0.449 e. The number of hydrogen-bond donors (Lipinski definition) is 1. The zero-order chi connectivity index (χ0) is 20.5. The standard InChI is InChI=1S/C20H28N2O5S/c1-13-10-14(2)12-22(11-13)28(25,26)18-8-4-16(5-9-18)20(24)27-15(3)19(23)21-17-6-7-17/h4-5,8-9,13-15,17H,6-7,10-12H2,1-3H3,(H,21,23)/t13-,14-,15-/m0/s1. The minimum Gasteiger partial charge on any atom is -0.449 e. The maximum atomic E-state index is 12.9. The van der Waals surface area contributed by atoms with Gasteiger partial charge in [-0.1, -0.05) is 13.8 Å². The molecule has 28 heavy (non-hydrogen) atoms. The predicted molar refractivity (Wildman–Crippen MR) is 104 cm³/mol. The lowest BCUT2D eigenvalue weighted by Gasteiger charge is -2.34. The van der Waals surface area contributed by atoms with Crippen LogP contribution in [0, 0.1) is 11.8 Å². The van der Waals surface area contributed by atoms with E-state index in [-0.39, 0.29) is 22.4 Å². The van der Waals surface area contributed by atoms with E-state index >= 15 is 0 Å². The Morgan fingerprint density at radius 1 is 1.11 bits per heavy atom. The zero-order valence-electron chi connectivity index (χ0n) is 16.6. The first-order valence-corrected chi connectivity index (χ1v) is 11.2. The minimum atomic E-state index is -3.60. The molecule has 154 valence electrons. The monoisotopic (exact) mass is 408 g/mol. The third-order valence-corrected chi connectivity index (χ3v) is 6.99. The number of ether oxygens (including phenoxy) is 1. The molecule has 1 N–H and O–H groups in total. The van der Waals surface area contributed by atoms with E-state index in [1.165, 1.54) is 35.5 Å². The summed E-state index contributed by atoms with van der Waals surface area (Å²) in [5.41, 5.74) is 0.213. The summed E-state index contributed by atoms with van der Waals surface area (Å²) in [5, 5.41) is 2.78. The van der Waals surface area contributed by atoms with Crippen LogP contribution < -0.4 is 5.32 Å². The smallest absolute Gasteiger partial charge is 0.338 e. The van der Waals surface area contributed by atoms with Gasteiger partial charge in [-0.2, -0.15) is 4.31 Å². The van der Waals surface area contributed by atoms with E-state index < -0.39 is 22.1 Å². The molecule has 1 saturated heterocycles. The van der Waals surface area contributed by atoms with Crippen molar-refractivity contribution >= 4 is 21.9 Å². The molecule has 1 aromatic rings. The van der Waals surface area contributed by atoms with E-state index in [0.29, 0.717) is 24.9 Å². The fraction of sp³-hybridized carbons (Fsp3) is 0.600. The molecule has 8 heteroatoms. The fourth-order valence-corrected chi connectivity index (χ4v) is 5.22. The number of esters is 1. The van der Waals surface area contributed by atoms with Gasteiger partial charge in [-0.15, -0.1) is 0 Å². The van der Waals surface area contributed by atoms with E-state index in [1.807, 2.05) is 0 Å². The average molecular weight is 409 g/mol. The molecule has 0 unspecified atom stereocenters. The van der Waals surface area contributed by atoms with Gasteiger partial charge >= 0.3 is 5.97 Å². The average Bonchev–Trinajstić information content (AvgIpc) is 3.44. The Balaban J connectivity index is 1.65. The second-order valence-corrected chi connectivity index (χ2v) is 10.1. The maximum Gasteiger partial charge on any atom is 0.338 e. The highest BCUT2D eigenvalue weighted by Gasteiger charge is 2.32. The van der Waals surface area contributed by atoms with Gasteiger partial charge in [0.25, 0.3) is 5.91 Å². The van der Waals surface area contributed by atoms with Crippen LogP contribution in [0.2, 0.25) is 0 Å². The van der Waals surface area contributed by atoms with Crippen LogP contribution in [-0.4, -0.2) is 49.8 Å². The van der Waals surface area contributed by atoms with E-state index in [1.54, 1.807) is 0 Å². The van der Waals surface area contributed by atoms with Crippen molar-refractivity contribution in [3.8, 4) is 0 Å². The third-order valence-electron chi connectivity index (χ3n) is 5.14. The fourth-order valence-electron chi connectivity index (χ4n) is 3.54. The van der Waals surface area contributed by atoms with Gasteiger partial charge in [-0.3, -0.25) is 4.79 Å². The van der Waals surface area contributed by atoms with Crippen LogP contribution >= 0.6 is 0 Å². The van der Waals surface area contributed by atoms with Gasteiger partial charge in [0.05, 0.1) is 10.5 Å². The van der Waals surface area contributed by atoms with E-state index in [2.05, 4.69) is 19.2 Å². The van der Waals surface area contributed by atoms with Crippen LogP contribution in [-0.2, 0) is 19.6 Å². The van der Waals surface area contributed by atoms with Crippen molar-refractivity contribution < 1.29 is 22.7 Å². The lowest BCUT2D eigenvalue weighted by atomic mass is 9.94. The van der Waals surface area contributed by atoms with Crippen molar-refractivity contribution in [1.29, 1.82) is 0 Å². The number of rotatable bonds is 6. The molecule has 1 aliphatic carbocycles. The molecule has 3 atom stereocenters. The van der Waals surface area contributed by atoms with Gasteiger partial charge < -0.3 is 10.1 Å². The van der Waals surface area contributed by atoms with Crippen LogP contribution in [0.1, 0.15) is 50.4 Å². The molecule has 0 aromatic heterocycles. The molecule has 1 aromatic carbocycles. The van der Waals surface area contributed by atoms with Crippen molar-refractivity contribution in [2.45, 2.75) is 57.1 Å². The zero-order valence-corrected chi connectivity index (χ0v) is 17.4. The lowest BCUT2D eigenvalue weighted by molar-refractivity contribution is -0.129. The van der Waals surface area contributed by atoms with Crippen LogP contribution in [0.5, 0.6) is 0 Å². The highest BCUT2D eigenvalue weighted by Crippen LogP contribution is 2.27. The van der Waals surface area contributed by atoms with Crippen LogP contribution in [0.15, 0.2) is 29.2 Å². The van der Waals surface area contributed by atoms with Crippen molar-refractivity contribution in [2.75, 3.05) is 13.1 Å². The SMILES string of the molecule is C[C@H]1C[C@H](C)CN(S(=O)(=O)c2ccc(C(=O)O[C@@H](C)C(=O)NC3CC3)cc2)C1. The summed E-state index contributed by atoms with van der Waals surface area (Å²) < 4.78 is 32.5. The van der Waals surface area contributed by atoms with Gasteiger partial charge in [0.2, 0.25) is 10.0 Å².